The molecule has 7 heteroatoms. The predicted molar refractivity (Wildman–Crippen MR) is 109 cm³/mol. The molecular formula is C22H24O7. The molecule has 0 aliphatic heterocycles. The maximum atomic E-state index is 12.7. The highest BCUT2D eigenvalue weighted by Crippen LogP contribution is 2.33. The van der Waals surface area contributed by atoms with Gasteiger partial charge in [-0.2, -0.15) is 0 Å². The summed E-state index contributed by atoms with van der Waals surface area (Å²) in [6.45, 7) is 3.12. The Kier molecular flexibility index (Phi) is 7.25. The normalized spacial score (nSPS) is 10.7. The Labute approximate surface area is 169 Å². The van der Waals surface area contributed by atoms with E-state index in [9.17, 15) is 9.59 Å². The molecule has 0 spiro atoms. The zero-order valence-electron chi connectivity index (χ0n) is 17.1. The summed E-state index contributed by atoms with van der Waals surface area (Å²) in [4.78, 5) is 23.4. The molecule has 0 unspecified atom stereocenters. The zero-order chi connectivity index (χ0) is 21.6. The highest BCUT2D eigenvalue weighted by atomic mass is 16.5. The number of carbonyl (C=O) groups excluding carboxylic acids is 1. The van der Waals surface area contributed by atoms with Crippen molar-refractivity contribution in [2.24, 2.45) is 0 Å². The van der Waals surface area contributed by atoms with Gasteiger partial charge >= 0.3 is 5.97 Å². The number of methoxy groups -OCH3 is 3. The van der Waals surface area contributed by atoms with Crippen LogP contribution in [0.2, 0.25) is 0 Å². The molecule has 29 heavy (non-hydrogen) atoms. The van der Waals surface area contributed by atoms with Crippen molar-refractivity contribution in [2.45, 2.75) is 13.8 Å². The van der Waals surface area contributed by atoms with E-state index in [-0.39, 0.29) is 11.5 Å². The maximum absolute atomic E-state index is 12.7. The van der Waals surface area contributed by atoms with Gasteiger partial charge in [0, 0.05) is 11.1 Å². The molecular weight excluding hydrogens is 376 g/mol. The van der Waals surface area contributed by atoms with Crippen LogP contribution < -0.4 is 18.9 Å². The van der Waals surface area contributed by atoms with Crippen molar-refractivity contribution in [3.05, 3.63) is 52.6 Å². The van der Waals surface area contributed by atoms with Crippen LogP contribution in [-0.4, -0.2) is 44.8 Å². The molecule has 0 aromatic heterocycles. The molecule has 0 atom stereocenters. The molecule has 0 amide bonds. The molecule has 0 radical (unpaired) electrons. The summed E-state index contributed by atoms with van der Waals surface area (Å²) >= 11 is 0. The molecule has 2 rings (SSSR count). The summed E-state index contributed by atoms with van der Waals surface area (Å²) in [5, 5.41) is 8.80. The first-order chi connectivity index (χ1) is 13.8. The van der Waals surface area contributed by atoms with Crippen LogP contribution in [0.4, 0.5) is 0 Å². The van der Waals surface area contributed by atoms with Gasteiger partial charge in [-0.05, 0) is 61.4 Å². The van der Waals surface area contributed by atoms with Gasteiger partial charge in [0.25, 0.3) is 0 Å². The van der Waals surface area contributed by atoms with Crippen LogP contribution in [0.5, 0.6) is 23.0 Å². The quantitative estimate of drug-likeness (QED) is 0.507. The number of ether oxygens (including phenoxy) is 4. The third kappa shape index (κ3) is 5.28. The lowest BCUT2D eigenvalue weighted by Crippen LogP contribution is -2.11. The van der Waals surface area contributed by atoms with Crippen molar-refractivity contribution in [3.8, 4) is 23.0 Å². The Morgan fingerprint density at radius 3 is 2.14 bits per heavy atom. The van der Waals surface area contributed by atoms with E-state index >= 15 is 0 Å². The molecule has 2 aromatic carbocycles. The standard InChI is InChI=1S/C22H24O7/c1-13-9-19(27-4)15(10-18(13)26-3)6-7-17(23)16-8-14(2)22(20(11-16)28-5)29-12-21(24)25/h6-11H,12H2,1-5H3,(H,24,25)/b7-6+. The van der Waals surface area contributed by atoms with E-state index in [1.165, 1.54) is 19.3 Å². The van der Waals surface area contributed by atoms with Crippen molar-refractivity contribution < 1.29 is 33.6 Å². The lowest BCUT2D eigenvalue weighted by molar-refractivity contribution is -0.139. The van der Waals surface area contributed by atoms with Crippen LogP contribution in [-0.2, 0) is 4.79 Å². The number of carboxylic acids is 1. The first-order valence-corrected chi connectivity index (χ1v) is 8.79. The number of ketones is 1. The van der Waals surface area contributed by atoms with Gasteiger partial charge in [-0.15, -0.1) is 0 Å². The maximum Gasteiger partial charge on any atom is 0.341 e. The molecule has 0 aliphatic rings. The Morgan fingerprint density at radius 2 is 1.55 bits per heavy atom. The lowest BCUT2D eigenvalue weighted by Gasteiger charge is -2.13. The number of carboxylic acid groups (broad SMARTS) is 1. The summed E-state index contributed by atoms with van der Waals surface area (Å²) in [6, 6.07) is 6.78. The SMILES string of the molecule is COc1cc(/C=C/C(=O)c2cc(C)c(OCC(=O)O)c(OC)c2)c(OC)cc1C. The highest BCUT2D eigenvalue weighted by Gasteiger charge is 2.15. The van der Waals surface area contributed by atoms with E-state index in [2.05, 4.69) is 0 Å². The largest absolute Gasteiger partial charge is 0.496 e. The van der Waals surface area contributed by atoms with Gasteiger partial charge in [-0.3, -0.25) is 4.79 Å². The first kappa shape index (κ1) is 21.8. The fourth-order valence-corrected chi connectivity index (χ4v) is 2.82. The van der Waals surface area contributed by atoms with Crippen LogP contribution in [0.25, 0.3) is 6.08 Å². The molecule has 0 saturated carbocycles. The Balaban J connectivity index is 2.33. The summed E-state index contributed by atoms with van der Waals surface area (Å²) < 4.78 is 21.2. The fraction of sp³-hybridized carbons (Fsp3) is 0.273. The van der Waals surface area contributed by atoms with Crippen molar-refractivity contribution in [2.75, 3.05) is 27.9 Å². The van der Waals surface area contributed by atoms with Crippen molar-refractivity contribution in [1.82, 2.24) is 0 Å². The van der Waals surface area contributed by atoms with Gasteiger partial charge < -0.3 is 24.1 Å². The van der Waals surface area contributed by atoms with Gasteiger partial charge in [-0.25, -0.2) is 4.79 Å². The summed E-state index contributed by atoms with van der Waals surface area (Å²) in [5.41, 5.74) is 2.60. The Bertz CT molecular complexity index is 945. The van der Waals surface area contributed by atoms with E-state index in [1.807, 2.05) is 13.0 Å². The highest BCUT2D eigenvalue weighted by molar-refractivity contribution is 6.07. The number of rotatable bonds is 9. The monoisotopic (exact) mass is 400 g/mol. The second-order valence-corrected chi connectivity index (χ2v) is 6.27. The van der Waals surface area contributed by atoms with E-state index in [0.29, 0.717) is 33.9 Å². The molecule has 7 nitrogen and oxygen atoms in total. The van der Waals surface area contributed by atoms with Crippen LogP contribution in [0.1, 0.15) is 27.0 Å². The van der Waals surface area contributed by atoms with Crippen LogP contribution in [0.3, 0.4) is 0 Å². The zero-order valence-corrected chi connectivity index (χ0v) is 17.1. The second kappa shape index (κ2) is 9.64. The Hall–Kier alpha value is -3.48. The minimum absolute atomic E-state index is 0.252. The number of aryl methyl sites for hydroxylation is 2. The summed E-state index contributed by atoms with van der Waals surface area (Å²) in [5.74, 6) is 0.543. The van der Waals surface area contributed by atoms with Crippen LogP contribution in [0.15, 0.2) is 30.3 Å². The molecule has 0 bridgehead atoms. The molecule has 0 fully saturated rings. The Morgan fingerprint density at radius 1 is 0.897 bits per heavy atom. The first-order valence-electron chi connectivity index (χ1n) is 8.79. The van der Waals surface area contributed by atoms with Crippen molar-refractivity contribution in [3.63, 3.8) is 0 Å². The van der Waals surface area contributed by atoms with Crippen LogP contribution in [0, 0.1) is 13.8 Å². The molecule has 0 aliphatic carbocycles. The van der Waals surface area contributed by atoms with Gasteiger partial charge in [0.2, 0.25) is 0 Å². The topological polar surface area (TPSA) is 91.3 Å². The van der Waals surface area contributed by atoms with E-state index < -0.39 is 12.6 Å². The number of allylic oxidation sites excluding steroid dienone is 1. The number of aliphatic carboxylic acids is 1. The molecule has 2 aromatic rings. The number of hydrogen-bond donors (Lipinski definition) is 1. The number of hydrogen-bond acceptors (Lipinski definition) is 6. The fourth-order valence-electron chi connectivity index (χ4n) is 2.82. The van der Waals surface area contributed by atoms with Crippen molar-refractivity contribution >= 4 is 17.8 Å². The smallest absolute Gasteiger partial charge is 0.341 e. The second-order valence-electron chi connectivity index (χ2n) is 6.27. The average Bonchev–Trinajstić information content (AvgIpc) is 2.70. The minimum atomic E-state index is -1.10. The van der Waals surface area contributed by atoms with Gasteiger partial charge in [0.1, 0.15) is 11.5 Å². The van der Waals surface area contributed by atoms with E-state index in [1.54, 1.807) is 39.4 Å². The number of carbonyl (C=O) groups is 2. The van der Waals surface area contributed by atoms with Gasteiger partial charge in [0.15, 0.2) is 23.9 Å². The molecule has 0 heterocycles. The van der Waals surface area contributed by atoms with Gasteiger partial charge in [0.05, 0.1) is 21.3 Å². The third-order valence-corrected chi connectivity index (χ3v) is 4.25. The van der Waals surface area contributed by atoms with E-state index in [4.69, 9.17) is 24.1 Å². The van der Waals surface area contributed by atoms with Crippen LogP contribution >= 0.6 is 0 Å². The van der Waals surface area contributed by atoms with Gasteiger partial charge in [-0.1, -0.05) is 0 Å². The predicted octanol–water partition coefficient (Wildman–Crippen LogP) is 3.69. The van der Waals surface area contributed by atoms with Crippen molar-refractivity contribution in [1.29, 1.82) is 0 Å². The number of benzene rings is 2. The minimum Gasteiger partial charge on any atom is -0.496 e. The molecule has 154 valence electrons. The molecule has 1 N–H and O–H groups in total. The summed E-state index contributed by atoms with van der Waals surface area (Å²) in [6.07, 6.45) is 3.08. The average molecular weight is 400 g/mol. The lowest BCUT2D eigenvalue weighted by atomic mass is 10.0. The summed E-state index contributed by atoms with van der Waals surface area (Å²) in [7, 11) is 4.57. The third-order valence-electron chi connectivity index (χ3n) is 4.25. The van der Waals surface area contributed by atoms with E-state index in [0.717, 1.165) is 5.56 Å². The molecule has 0 saturated heterocycles.